The number of H-pyrrole nitrogens is 1. The zero-order valence-corrected chi connectivity index (χ0v) is 9.97. The number of rotatable bonds is 4. The van der Waals surface area contributed by atoms with Gasteiger partial charge in [0.15, 0.2) is 4.77 Å². The summed E-state index contributed by atoms with van der Waals surface area (Å²) in [6.07, 6.45) is 4.14. The van der Waals surface area contributed by atoms with Crippen LogP contribution in [0.15, 0.2) is 6.20 Å². The fraction of sp³-hybridized carbons (Fsp3) is 0.667. The van der Waals surface area contributed by atoms with Gasteiger partial charge in [0.1, 0.15) is 0 Å². The predicted octanol–water partition coefficient (Wildman–Crippen LogP) is 3.03. The normalized spacial score (nSPS) is 11.1. The van der Waals surface area contributed by atoms with E-state index in [0.29, 0.717) is 5.92 Å². The molecule has 4 heteroatoms. The number of imidazole rings is 1. The number of nitrogens with one attached hydrogen (secondary N) is 1. The van der Waals surface area contributed by atoms with Crippen LogP contribution in [0, 0.1) is 4.77 Å². The van der Waals surface area contributed by atoms with Gasteiger partial charge in [-0.1, -0.05) is 13.8 Å². The molecule has 0 spiro atoms. The Morgan fingerprint density at radius 2 is 2.31 bits per heavy atom. The summed E-state index contributed by atoms with van der Waals surface area (Å²) in [5, 5.41) is 0. The smallest absolute Gasteiger partial charge is 0.177 e. The fourth-order valence-corrected chi connectivity index (χ4v) is 1.92. The topological polar surface area (TPSA) is 20.7 Å². The van der Waals surface area contributed by atoms with Crippen molar-refractivity contribution in [3.8, 4) is 0 Å². The summed E-state index contributed by atoms with van der Waals surface area (Å²) in [6.45, 7) is 5.39. The van der Waals surface area contributed by atoms with Crippen molar-refractivity contribution in [2.75, 3.05) is 12.0 Å². The van der Waals surface area contributed by atoms with Gasteiger partial charge in [-0.25, -0.2) is 0 Å². The third-order valence-electron chi connectivity index (χ3n) is 2.01. The molecule has 0 amide bonds. The monoisotopic (exact) mass is 216 g/mol. The van der Waals surface area contributed by atoms with E-state index >= 15 is 0 Å². The van der Waals surface area contributed by atoms with Crippen LogP contribution < -0.4 is 0 Å². The Morgan fingerprint density at radius 3 is 2.85 bits per heavy atom. The third-order valence-corrected chi connectivity index (χ3v) is 2.94. The van der Waals surface area contributed by atoms with Gasteiger partial charge in [0, 0.05) is 24.2 Å². The molecule has 0 atom stereocenters. The largest absolute Gasteiger partial charge is 0.337 e. The van der Waals surface area contributed by atoms with Crippen molar-refractivity contribution in [1.82, 2.24) is 9.55 Å². The highest BCUT2D eigenvalue weighted by Crippen LogP contribution is 2.14. The van der Waals surface area contributed by atoms with Crippen molar-refractivity contribution in [3.05, 3.63) is 16.7 Å². The summed E-state index contributed by atoms with van der Waals surface area (Å²) in [5.41, 5.74) is 1.30. The molecule has 1 N–H and O–H groups in total. The van der Waals surface area contributed by atoms with Crippen molar-refractivity contribution in [2.45, 2.75) is 26.3 Å². The first-order valence-electron chi connectivity index (χ1n) is 4.44. The zero-order chi connectivity index (χ0) is 9.84. The van der Waals surface area contributed by atoms with E-state index in [-0.39, 0.29) is 0 Å². The van der Waals surface area contributed by atoms with E-state index in [2.05, 4.69) is 29.7 Å². The van der Waals surface area contributed by atoms with Crippen LogP contribution in [-0.4, -0.2) is 21.6 Å². The predicted molar refractivity (Wildman–Crippen MR) is 62.1 cm³/mol. The minimum Gasteiger partial charge on any atom is -0.337 e. The van der Waals surface area contributed by atoms with Crippen molar-refractivity contribution in [1.29, 1.82) is 0 Å². The average Bonchev–Trinajstić information content (AvgIpc) is 2.43. The quantitative estimate of drug-likeness (QED) is 0.781. The number of hydrogen-bond acceptors (Lipinski definition) is 2. The Labute approximate surface area is 88.7 Å². The Balaban J connectivity index is 2.88. The maximum atomic E-state index is 5.20. The van der Waals surface area contributed by atoms with Gasteiger partial charge in [-0.15, -0.1) is 0 Å². The van der Waals surface area contributed by atoms with Crippen molar-refractivity contribution in [2.24, 2.45) is 0 Å². The molecule has 0 aliphatic heterocycles. The van der Waals surface area contributed by atoms with E-state index in [0.717, 1.165) is 17.1 Å². The average molecular weight is 216 g/mol. The molecule has 0 radical (unpaired) electrons. The molecule has 0 aliphatic rings. The SMILES string of the molecule is CSCCn1c(C(C)C)c[nH]c1=S. The van der Waals surface area contributed by atoms with Crippen LogP contribution in [-0.2, 0) is 6.54 Å². The van der Waals surface area contributed by atoms with Gasteiger partial charge in [-0.05, 0) is 24.4 Å². The maximum Gasteiger partial charge on any atom is 0.177 e. The first kappa shape index (κ1) is 10.9. The Hall–Kier alpha value is -0.220. The van der Waals surface area contributed by atoms with Crippen LogP contribution in [0.4, 0.5) is 0 Å². The second-order valence-electron chi connectivity index (χ2n) is 3.32. The maximum absolute atomic E-state index is 5.20. The first-order valence-corrected chi connectivity index (χ1v) is 6.24. The molecule has 0 aliphatic carbocycles. The lowest BCUT2D eigenvalue weighted by atomic mass is 10.1. The number of nitrogens with zero attached hydrogens (tertiary/aromatic N) is 1. The van der Waals surface area contributed by atoms with Crippen LogP contribution in [0.1, 0.15) is 25.5 Å². The number of hydrogen-bond donors (Lipinski definition) is 1. The lowest BCUT2D eigenvalue weighted by Gasteiger charge is -2.09. The Morgan fingerprint density at radius 1 is 1.62 bits per heavy atom. The minimum absolute atomic E-state index is 0.537. The molecule has 0 unspecified atom stereocenters. The van der Waals surface area contributed by atoms with Crippen LogP contribution in [0.3, 0.4) is 0 Å². The molecular formula is C9H16N2S2. The third kappa shape index (κ3) is 2.61. The van der Waals surface area contributed by atoms with Gasteiger partial charge >= 0.3 is 0 Å². The van der Waals surface area contributed by atoms with Gasteiger partial charge in [-0.2, -0.15) is 11.8 Å². The molecule has 0 saturated heterocycles. The highest BCUT2D eigenvalue weighted by molar-refractivity contribution is 7.98. The summed E-state index contributed by atoms with van der Waals surface area (Å²) in [7, 11) is 0. The standard InChI is InChI=1S/C9H16N2S2/c1-7(2)8-6-10-9(12)11(8)4-5-13-3/h6-7H,4-5H2,1-3H3,(H,10,12). The van der Waals surface area contributed by atoms with E-state index < -0.39 is 0 Å². The first-order chi connectivity index (χ1) is 6.16. The number of aromatic nitrogens is 2. The number of thioether (sulfide) groups is 1. The molecule has 2 nitrogen and oxygen atoms in total. The molecule has 0 aromatic carbocycles. The molecule has 0 saturated carbocycles. The van der Waals surface area contributed by atoms with Crippen molar-refractivity contribution < 1.29 is 0 Å². The van der Waals surface area contributed by atoms with E-state index in [9.17, 15) is 0 Å². The molecule has 0 bridgehead atoms. The van der Waals surface area contributed by atoms with Gasteiger partial charge in [0.05, 0.1) is 0 Å². The second kappa shape index (κ2) is 4.86. The molecule has 74 valence electrons. The van der Waals surface area contributed by atoms with Crippen LogP contribution in [0.25, 0.3) is 0 Å². The minimum atomic E-state index is 0.537. The van der Waals surface area contributed by atoms with Crippen molar-refractivity contribution in [3.63, 3.8) is 0 Å². The highest BCUT2D eigenvalue weighted by atomic mass is 32.2. The van der Waals surface area contributed by atoms with Crippen LogP contribution in [0.2, 0.25) is 0 Å². The second-order valence-corrected chi connectivity index (χ2v) is 4.69. The summed E-state index contributed by atoms with van der Waals surface area (Å²) in [6, 6.07) is 0. The van der Waals surface area contributed by atoms with E-state index in [1.807, 2.05) is 18.0 Å². The molecule has 1 aromatic heterocycles. The van der Waals surface area contributed by atoms with E-state index in [4.69, 9.17) is 12.2 Å². The summed E-state index contributed by atoms with van der Waals surface area (Å²) >= 11 is 7.05. The molecule has 1 rings (SSSR count). The lowest BCUT2D eigenvalue weighted by molar-refractivity contribution is 0.670. The fourth-order valence-electron chi connectivity index (χ4n) is 1.30. The van der Waals surface area contributed by atoms with Crippen LogP contribution >= 0.6 is 24.0 Å². The Kier molecular flexibility index (Phi) is 4.06. The van der Waals surface area contributed by atoms with Crippen molar-refractivity contribution >= 4 is 24.0 Å². The lowest BCUT2D eigenvalue weighted by Crippen LogP contribution is -2.06. The summed E-state index contributed by atoms with van der Waals surface area (Å²) < 4.78 is 3.04. The van der Waals surface area contributed by atoms with E-state index in [1.54, 1.807) is 0 Å². The van der Waals surface area contributed by atoms with Gasteiger partial charge in [0.25, 0.3) is 0 Å². The van der Waals surface area contributed by atoms with Gasteiger partial charge in [-0.3, -0.25) is 0 Å². The molecule has 1 heterocycles. The van der Waals surface area contributed by atoms with Gasteiger partial charge in [0.2, 0.25) is 0 Å². The molecule has 1 aromatic rings. The van der Waals surface area contributed by atoms with Crippen LogP contribution in [0.5, 0.6) is 0 Å². The molecule has 0 fully saturated rings. The Bertz CT molecular complexity index is 312. The van der Waals surface area contributed by atoms with E-state index in [1.165, 1.54) is 5.69 Å². The summed E-state index contributed by atoms with van der Waals surface area (Å²) in [5.74, 6) is 1.65. The zero-order valence-electron chi connectivity index (χ0n) is 8.33. The number of aromatic amines is 1. The highest BCUT2D eigenvalue weighted by Gasteiger charge is 2.06. The molecular weight excluding hydrogens is 200 g/mol. The van der Waals surface area contributed by atoms with Gasteiger partial charge < -0.3 is 9.55 Å². The summed E-state index contributed by atoms with van der Waals surface area (Å²) in [4.78, 5) is 3.10. The molecule has 13 heavy (non-hydrogen) atoms.